The highest BCUT2D eigenvalue weighted by Gasteiger charge is 2.40. The molecule has 0 bridgehead atoms. The van der Waals surface area contributed by atoms with Crippen LogP contribution >= 0.6 is 7.75 Å². The minimum atomic E-state index is -4.33. The second-order valence-corrected chi connectivity index (χ2v) is 12.7. The average Bonchev–Trinajstić information content (AvgIpc) is 3.28. The van der Waals surface area contributed by atoms with E-state index in [-0.39, 0.29) is 24.2 Å². The molecule has 4 rings (SSSR count). The van der Waals surface area contributed by atoms with Crippen molar-refractivity contribution in [3.05, 3.63) is 75.3 Å². The molecule has 41 heavy (non-hydrogen) atoms. The lowest BCUT2D eigenvalue weighted by atomic mass is 9.99. The highest BCUT2D eigenvalue weighted by molar-refractivity contribution is 7.52. The van der Waals surface area contributed by atoms with Crippen molar-refractivity contribution in [3.8, 4) is 5.75 Å². The Hall–Kier alpha value is -3.35. The van der Waals surface area contributed by atoms with Crippen molar-refractivity contribution < 1.29 is 37.4 Å². The summed E-state index contributed by atoms with van der Waals surface area (Å²) >= 11 is 0. The number of ether oxygens (including phenoxy) is 2. The molecule has 1 aliphatic rings. The Morgan fingerprint density at radius 1 is 1.24 bits per heavy atom. The van der Waals surface area contributed by atoms with Gasteiger partial charge in [0, 0.05) is 11.8 Å². The van der Waals surface area contributed by atoms with Crippen LogP contribution in [0.2, 0.25) is 0 Å². The molecule has 14 heteroatoms. The van der Waals surface area contributed by atoms with Gasteiger partial charge in [-0.3, -0.25) is 23.7 Å². The lowest BCUT2D eigenvalue weighted by molar-refractivity contribution is -0.148. The van der Waals surface area contributed by atoms with Gasteiger partial charge in [-0.1, -0.05) is 57.2 Å². The molecular formula is C27H33FN3O9P. The first-order valence-corrected chi connectivity index (χ1v) is 14.5. The molecule has 3 N–H and O–H groups in total. The number of aliphatic hydroxyl groups is 1. The van der Waals surface area contributed by atoms with Gasteiger partial charge >= 0.3 is 19.4 Å². The van der Waals surface area contributed by atoms with E-state index in [1.54, 1.807) is 24.3 Å². The molecule has 1 aliphatic heterocycles. The third-order valence-corrected chi connectivity index (χ3v) is 7.80. The molecule has 0 saturated carbocycles. The highest BCUT2D eigenvalue weighted by Crippen LogP contribution is 2.47. The molecule has 222 valence electrons. The molecule has 1 aromatic heterocycles. The number of hydrogen-bond acceptors (Lipinski definition) is 9. The smallest absolute Gasteiger partial charge is 0.459 e. The normalized spacial score (nSPS) is 21.4. The largest absolute Gasteiger partial charge is 0.464 e. The fraction of sp³-hybridized carbons (Fsp3) is 0.444. The number of aromatic nitrogens is 2. The van der Waals surface area contributed by atoms with Crippen LogP contribution in [0.4, 0.5) is 4.39 Å². The number of hydrogen-bond donors (Lipinski definition) is 3. The van der Waals surface area contributed by atoms with Crippen molar-refractivity contribution in [2.75, 3.05) is 13.2 Å². The zero-order chi connectivity index (χ0) is 29.9. The number of nitrogens with zero attached hydrogens (tertiary/aromatic N) is 1. The van der Waals surface area contributed by atoms with E-state index in [1.165, 1.54) is 6.92 Å². The molecule has 2 unspecified atom stereocenters. The predicted molar refractivity (Wildman–Crippen MR) is 147 cm³/mol. The van der Waals surface area contributed by atoms with Gasteiger partial charge in [0.15, 0.2) is 0 Å². The summed E-state index contributed by atoms with van der Waals surface area (Å²) in [4.78, 5) is 38.0. The van der Waals surface area contributed by atoms with Gasteiger partial charge in [0.2, 0.25) is 5.82 Å². The quantitative estimate of drug-likeness (QED) is 0.235. The Balaban J connectivity index is 1.54. The van der Waals surface area contributed by atoms with E-state index in [0.29, 0.717) is 11.6 Å². The lowest BCUT2D eigenvalue weighted by Gasteiger charge is -2.26. The monoisotopic (exact) mass is 593 g/mol. The number of aromatic amines is 1. The lowest BCUT2D eigenvalue weighted by Crippen LogP contribution is -2.37. The molecule has 0 amide bonds. The Kier molecular flexibility index (Phi) is 9.15. The molecule has 2 aromatic carbocycles. The van der Waals surface area contributed by atoms with E-state index in [4.69, 9.17) is 18.5 Å². The summed E-state index contributed by atoms with van der Waals surface area (Å²) in [5.41, 5.74) is -2.40. The minimum absolute atomic E-state index is 0.126. The van der Waals surface area contributed by atoms with Gasteiger partial charge in [-0.15, -0.1) is 0 Å². The van der Waals surface area contributed by atoms with Gasteiger partial charge in [0.1, 0.15) is 24.1 Å². The molecule has 0 aliphatic carbocycles. The zero-order valence-corrected chi connectivity index (χ0v) is 23.9. The maximum atomic E-state index is 14.0. The second-order valence-electron chi connectivity index (χ2n) is 11.0. The van der Waals surface area contributed by atoms with Crippen LogP contribution in [-0.2, 0) is 23.4 Å². The second kappa shape index (κ2) is 12.3. The fourth-order valence-electron chi connectivity index (χ4n) is 4.08. The third kappa shape index (κ3) is 7.69. The Bertz CT molecular complexity index is 1560. The molecule has 12 nitrogen and oxygen atoms in total. The van der Waals surface area contributed by atoms with E-state index in [0.717, 1.165) is 9.95 Å². The van der Waals surface area contributed by atoms with Crippen LogP contribution in [0.1, 0.15) is 40.3 Å². The number of H-pyrrole nitrogens is 1. The van der Waals surface area contributed by atoms with E-state index < -0.39 is 61.9 Å². The average molecular weight is 594 g/mol. The van der Waals surface area contributed by atoms with Crippen LogP contribution in [0.25, 0.3) is 10.8 Å². The zero-order valence-electron chi connectivity index (χ0n) is 23.0. The predicted octanol–water partition coefficient (Wildman–Crippen LogP) is 3.25. The molecule has 1 fully saturated rings. The Labute approximate surface area is 235 Å². The van der Waals surface area contributed by atoms with Crippen molar-refractivity contribution in [1.29, 1.82) is 0 Å². The maximum Gasteiger partial charge on any atom is 0.459 e. The minimum Gasteiger partial charge on any atom is -0.464 e. The van der Waals surface area contributed by atoms with Gasteiger partial charge in [-0.2, -0.15) is 9.48 Å². The van der Waals surface area contributed by atoms with Crippen molar-refractivity contribution in [1.82, 2.24) is 14.6 Å². The Morgan fingerprint density at radius 3 is 2.68 bits per heavy atom. The number of nitrogens with one attached hydrogen (secondary N) is 2. The van der Waals surface area contributed by atoms with Crippen LogP contribution < -0.4 is 20.9 Å². The van der Waals surface area contributed by atoms with Gasteiger partial charge in [0.05, 0.1) is 25.5 Å². The molecule has 5 atom stereocenters. The molecule has 0 radical (unpaired) electrons. The van der Waals surface area contributed by atoms with Crippen molar-refractivity contribution >= 4 is 24.5 Å². The van der Waals surface area contributed by atoms with Crippen LogP contribution in [0.5, 0.6) is 5.75 Å². The molecule has 2 heterocycles. The van der Waals surface area contributed by atoms with Crippen LogP contribution in [-0.4, -0.2) is 52.1 Å². The number of fused-ring (bicyclic) bond motifs is 1. The van der Waals surface area contributed by atoms with Crippen LogP contribution in [0.15, 0.2) is 58.3 Å². The summed E-state index contributed by atoms with van der Waals surface area (Å²) in [7, 11) is -4.33. The number of esters is 1. The maximum absolute atomic E-state index is 14.0. The van der Waals surface area contributed by atoms with E-state index in [2.05, 4.69) is 5.09 Å². The summed E-state index contributed by atoms with van der Waals surface area (Å²) in [6.07, 6.45) is -2.91. The summed E-state index contributed by atoms with van der Waals surface area (Å²) in [5.74, 6) is -1.66. The Morgan fingerprint density at radius 2 is 1.95 bits per heavy atom. The number of halogens is 1. The number of carbonyl (C=O) groups is 1. The van der Waals surface area contributed by atoms with Gasteiger partial charge in [-0.25, -0.2) is 9.36 Å². The molecule has 1 saturated heterocycles. The first-order valence-electron chi connectivity index (χ1n) is 13.0. The first-order chi connectivity index (χ1) is 19.2. The van der Waals surface area contributed by atoms with Crippen molar-refractivity contribution in [3.63, 3.8) is 0 Å². The number of aliphatic hydroxyl groups excluding tert-OH is 1. The standard InChI is InChI=1S/C27H33FN3O9P/c1-16(25(34)37-15-27(2,3)4)30-41(36,40-21-11-7-9-17-8-5-6-10-18(17)21)38-14-22-20(32)12-23(39-22)31-13-19(28)24(33)29-26(31)35/h5-11,13,16,20,22-23,32H,12,14-15H2,1-4H3,(H,30,36)(H,29,33,35)/t16-,20+,22?,23+,41?/m0/s1. The van der Waals surface area contributed by atoms with Gasteiger partial charge in [0.25, 0.3) is 5.56 Å². The fourth-order valence-corrected chi connectivity index (χ4v) is 5.60. The topological polar surface area (TPSA) is 158 Å². The molecule has 3 aromatic rings. The van der Waals surface area contributed by atoms with E-state index in [9.17, 15) is 28.4 Å². The van der Waals surface area contributed by atoms with E-state index >= 15 is 0 Å². The van der Waals surface area contributed by atoms with Crippen LogP contribution in [0.3, 0.4) is 0 Å². The van der Waals surface area contributed by atoms with Crippen LogP contribution in [0, 0.1) is 11.2 Å². The molecular weight excluding hydrogens is 560 g/mol. The highest BCUT2D eigenvalue weighted by atomic mass is 31.2. The SMILES string of the molecule is C[C@H](NP(=O)(OCC1O[C@@H](n2cc(F)c(=O)[nH]c2=O)C[C@H]1O)Oc1cccc2ccccc12)C(=O)OCC(C)(C)C. The number of rotatable bonds is 10. The summed E-state index contributed by atoms with van der Waals surface area (Å²) in [6.45, 7) is 6.77. The first kappa shape index (κ1) is 30.6. The number of benzene rings is 2. The summed E-state index contributed by atoms with van der Waals surface area (Å²) in [5, 5.41) is 14.6. The number of carbonyl (C=O) groups excluding carboxylic acids is 1. The summed E-state index contributed by atoms with van der Waals surface area (Å²) in [6, 6.07) is 11.3. The van der Waals surface area contributed by atoms with Gasteiger partial charge in [-0.05, 0) is 23.8 Å². The van der Waals surface area contributed by atoms with Crippen molar-refractivity contribution in [2.24, 2.45) is 5.41 Å². The third-order valence-electron chi connectivity index (χ3n) is 6.17. The van der Waals surface area contributed by atoms with Crippen molar-refractivity contribution in [2.45, 2.75) is 58.6 Å². The van der Waals surface area contributed by atoms with E-state index in [1.807, 2.05) is 44.0 Å². The summed E-state index contributed by atoms with van der Waals surface area (Å²) < 4.78 is 51.2. The molecule has 0 spiro atoms. The van der Waals surface area contributed by atoms with Gasteiger partial charge < -0.3 is 19.1 Å².